The molecule has 1 saturated carbocycles. The summed E-state index contributed by atoms with van der Waals surface area (Å²) in [4.78, 5) is 14.3. The van der Waals surface area contributed by atoms with Gasteiger partial charge < -0.3 is 14.7 Å². The zero-order valence-electron chi connectivity index (χ0n) is 15.4. The maximum Gasteiger partial charge on any atom is 0.317 e. The minimum atomic E-state index is 0.0216. The van der Waals surface area contributed by atoms with Gasteiger partial charge in [0.25, 0.3) is 0 Å². The van der Waals surface area contributed by atoms with Crippen molar-refractivity contribution in [3.05, 3.63) is 17.0 Å². The van der Waals surface area contributed by atoms with E-state index in [0.717, 1.165) is 29.9 Å². The van der Waals surface area contributed by atoms with E-state index >= 15 is 0 Å². The van der Waals surface area contributed by atoms with Gasteiger partial charge in [0.1, 0.15) is 5.76 Å². The summed E-state index contributed by atoms with van der Waals surface area (Å²) < 4.78 is 5.21. The van der Waals surface area contributed by atoms with E-state index in [1.807, 2.05) is 25.8 Å². The first kappa shape index (κ1) is 17.8. The Bertz CT molecular complexity index is 521. The molecular weight excluding hydrogens is 290 g/mol. The summed E-state index contributed by atoms with van der Waals surface area (Å²) in [5, 5.41) is 7.05. The summed E-state index contributed by atoms with van der Waals surface area (Å²) in [5.74, 6) is 1.04. The quantitative estimate of drug-likeness (QED) is 0.911. The monoisotopic (exact) mass is 321 g/mol. The number of hydrogen-bond acceptors (Lipinski definition) is 3. The van der Waals surface area contributed by atoms with Crippen LogP contribution in [0.3, 0.4) is 0 Å². The van der Waals surface area contributed by atoms with Gasteiger partial charge >= 0.3 is 6.03 Å². The third-order valence-corrected chi connectivity index (χ3v) is 5.32. The Morgan fingerprint density at radius 1 is 1.39 bits per heavy atom. The minimum absolute atomic E-state index is 0.0216. The maximum atomic E-state index is 12.4. The van der Waals surface area contributed by atoms with E-state index in [9.17, 15) is 4.79 Å². The summed E-state index contributed by atoms with van der Waals surface area (Å²) in [6.07, 6.45) is 4.56. The molecule has 5 heteroatoms. The summed E-state index contributed by atoms with van der Waals surface area (Å²) >= 11 is 0. The Kier molecular flexibility index (Phi) is 5.37. The summed E-state index contributed by atoms with van der Waals surface area (Å²) in [6.45, 7) is 11.2. The molecule has 0 aliphatic heterocycles. The van der Waals surface area contributed by atoms with Gasteiger partial charge in [0.05, 0.1) is 5.69 Å². The van der Waals surface area contributed by atoms with E-state index in [2.05, 4.69) is 31.2 Å². The molecule has 2 rings (SSSR count). The van der Waals surface area contributed by atoms with Crippen LogP contribution in [0.25, 0.3) is 0 Å². The summed E-state index contributed by atoms with van der Waals surface area (Å²) in [6, 6.07) is 0.380. The van der Waals surface area contributed by atoms with Gasteiger partial charge in [-0.1, -0.05) is 25.9 Å². The number of nitrogens with zero attached hydrogens (tertiary/aromatic N) is 2. The third-order valence-electron chi connectivity index (χ3n) is 5.32. The molecule has 5 nitrogen and oxygen atoms in total. The highest BCUT2D eigenvalue weighted by atomic mass is 16.5. The summed E-state index contributed by atoms with van der Waals surface area (Å²) in [7, 11) is 1.92. The van der Waals surface area contributed by atoms with Crippen LogP contribution in [-0.4, -0.2) is 35.7 Å². The van der Waals surface area contributed by atoms with Gasteiger partial charge in [0, 0.05) is 31.1 Å². The van der Waals surface area contributed by atoms with Gasteiger partial charge in [0.2, 0.25) is 0 Å². The van der Waals surface area contributed by atoms with Gasteiger partial charge in [-0.25, -0.2) is 4.79 Å². The van der Waals surface area contributed by atoms with Crippen molar-refractivity contribution in [1.82, 2.24) is 15.4 Å². The van der Waals surface area contributed by atoms with E-state index in [1.54, 1.807) is 0 Å². The molecule has 1 unspecified atom stereocenters. The van der Waals surface area contributed by atoms with Crippen LogP contribution in [0.4, 0.5) is 4.79 Å². The molecule has 1 aromatic rings. The van der Waals surface area contributed by atoms with Crippen LogP contribution >= 0.6 is 0 Å². The van der Waals surface area contributed by atoms with Crippen LogP contribution in [0.5, 0.6) is 0 Å². The molecule has 1 heterocycles. The van der Waals surface area contributed by atoms with Crippen molar-refractivity contribution in [1.29, 1.82) is 0 Å². The predicted molar refractivity (Wildman–Crippen MR) is 91.6 cm³/mol. The Morgan fingerprint density at radius 3 is 2.52 bits per heavy atom. The molecule has 1 aromatic heterocycles. The van der Waals surface area contributed by atoms with E-state index in [-0.39, 0.29) is 11.9 Å². The molecule has 130 valence electrons. The fourth-order valence-corrected chi connectivity index (χ4v) is 3.60. The number of urea groups is 1. The molecule has 0 spiro atoms. The second-order valence-corrected chi connectivity index (χ2v) is 7.83. The number of rotatable bonds is 4. The molecule has 1 fully saturated rings. The van der Waals surface area contributed by atoms with Crippen molar-refractivity contribution in [2.45, 2.75) is 72.3 Å². The van der Waals surface area contributed by atoms with Crippen LogP contribution in [0.2, 0.25) is 0 Å². The smallest absolute Gasteiger partial charge is 0.317 e. The number of carbonyl (C=O) groups excluding carboxylic acids is 1. The largest absolute Gasteiger partial charge is 0.361 e. The molecule has 23 heavy (non-hydrogen) atoms. The first-order valence-electron chi connectivity index (χ1n) is 8.64. The second kappa shape index (κ2) is 6.93. The lowest BCUT2D eigenvalue weighted by Gasteiger charge is -2.38. The van der Waals surface area contributed by atoms with Gasteiger partial charge in [0.15, 0.2) is 0 Å². The summed E-state index contributed by atoms with van der Waals surface area (Å²) in [5.41, 5.74) is 2.44. The molecule has 2 amide bonds. The van der Waals surface area contributed by atoms with Crippen molar-refractivity contribution < 1.29 is 9.32 Å². The SMILES string of the molecule is Cc1noc(C)c1C(C)CNC(=O)N(C)C1CCC(C)(C)CC1. The topological polar surface area (TPSA) is 58.4 Å². The fraction of sp³-hybridized carbons (Fsp3) is 0.778. The van der Waals surface area contributed by atoms with Gasteiger partial charge in [-0.3, -0.25) is 0 Å². The normalized spacial score (nSPS) is 19.4. The average Bonchev–Trinajstić information content (AvgIpc) is 2.83. The highest BCUT2D eigenvalue weighted by Gasteiger charge is 2.30. The Hall–Kier alpha value is -1.52. The second-order valence-electron chi connectivity index (χ2n) is 7.83. The standard InChI is InChI=1S/C18H31N3O2/c1-12(16-13(2)20-23-14(16)3)11-19-17(22)21(6)15-7-9-18(4,5)10-8-15/h12,15H,7-11H2,1-6H3,(H,19,22). The molecule has 1 aliphatic carbocycles. The zero-order valence-corrected chi connectivity index (χ0v) is 15.4. The lowest BCUT2D eigenvalue weighted by Crippen LogP contribution is -2.46. The molecule has 1 N–H and O–H groups in total. The Balaban J connectivity index is 1.85. The number of carbonyl (C=O) groups is 1. The minimum Gasteiger partial charge on any atom is -0.361 e. The van der Waals surface area contributed by atoms with Crippen molar-refractivity contribution in [2.75, 3.05) is 13.6 Å². The van der Waals surface area contributed by atoms with Crippen LogP contribution in [-0.2, 0) is 0 Å². The highest BCUT2D eigenvalue weighted by molar-refractivity contribution is 5.74. The lowest BCUT2D eigenvalue weighted by molar-refractivity contribution is 0.134. The van der Waals surface area contributed by atoms with Crippen molar-refractivity contribution >= 4 is 6.03 Å². The molecule has 0 aromatic carbocycles. The van der Waals surface area contributed by atoms with Crippen LogP contribution in [0.1, 0.15) is 69.4 Å². The third kappa shape index (κ3) is 4.27. The first-order valence-corrected chi connectivity index (χ1v) is 8.64. The van der Waals surface area contributed by atoms with Gasteiger partial charge in [-0.2, -0.15) is 0 Å². The highest BCUT2D eigenvalue weighted by Crippen LogP contribution is 2.36. The Morgan fingerprint density at radius 2 is 2.00 bits per heavy atom. The zero-order chi connectivity index (χ0) is 17.2. The van der Waals surface area contributed by atoms with Crippen molar-refractivity contribution in [3.63, 3.8) is 0 Å². The Labute approximate surface area is 139 Å². The van der Waals surface area contributed by atoms with Gasteiger partial charge in [-0.15, -0.1) is 0 Å². The average molecular weight is 321 g/mol. The van der Waals surface area contributed by atoms with Crippen LogP contribution < -0.4 is 5.32 Å². The van der Waals surface area contributed by atoms with Crippen LogP contribution in [0.15, 0.2) is 4.52 Å². The fourth-order valence-electron chi connectivity index (χ4n) is 3.60. The molecule has 0 bridgehead atoms. The molecule has 0 radical (unpaired) electrons. The van der Waals surface area contributed by atoms with E-state index in [0.29, 0.717) is 18.0 Å². The molecular formula is C18H31N3O2. The molecule has 1 aliphatic rings. The predicted octanol–water partition coefficient (Wildman–Crippen LogP) is 4.01. The van der Waals surface area contributed by atoms with E-state index in [4.69, 9.17) is 4.52 Å². The first-order chi connectivity index (χ1) is 10.7. The van der Waals surface area contributed by atoms with E-state index in [1.165, 1.54) is 12.8 Å². The number of nitrogens with one attached hydrogen (secondary N) is 1. The van der Waals surface area contributed by atoms with Crippen molar-refractivity contribution in [3.8, 4) is 0 Å². The maximum absolute atomic E-state index is 12.4. The molecule has 0 saturated heterocycles. The lowest BCUT2D eigenvalue weighted by atomic mass is 9.75. The number of aromatic nitrogens is 1. The number of aryl methyl sites for hydroxylation is 2. The van der Waals surface area contributed by atoms with E-state index < -0.39 is 0 Å². The van der Waals surface area contributed by atoms with Gasteiger partial charge in [-0.05, 0) is 44.9 Å². The molecule has 1 atom stereocenters. The number of amides is 2. The number of hydrogen-bond donors (Lipinski definition) is 1. The van der Waals surface area contributed by atoms with Crippen molar-refractivity contribution in [2.24, 2.45) is 5.41 Å². The van der Waals surface area contributed by atoms with Crippen LogP contribution in [0, 0.1) is 19.3 Å².